The summed E-state index contributed by atoms with van der Waals surface area (Å²) in [6, 6.07) is 7.90. The van der Waals surface area contributed by atoms with Gasteiger partial charge >= 0.3 is 0 Å². The smallest absolute Gasteiger partial charge is 0.222 e. The molecule has 0 radical (unpaired) electrons. The molecule has 3 rings (SSSR count). The molecule has 200 valence electrons. The molecule has 0 bridgehead atoms. The lowest BCUT2D eigenvalue weighted by Crippen LogP contribution is -2.48. The fourth-order valence-electron chi connectivity index (χ4n) is 5.53. The summed E-state index contributed by atoms with van der Waals surface area (Å²) < 4.78 is 0. The number of aliphatic hydroxyl groups is 1. The van der Waals surface area contributed by atoms with Gasteiger partial charge in [-0.3, -0.25) is 9.59 Å². The molecule has 1 aromatic rings. The van der Waals surface area contributed by atoms with E-state index < -0.39 is 0 Å². The van der Waals surface area contributed by atoms with Gasteiger partial charge < -0.3 is 14.9 Å². The Kier molecular flexibility index (Phi) is 12.3. The SMILES string of the molecule is CCCCC[C@@H](O)C=C[C@@H]1CCC(=O)[C@@H]1CCCCCCC(=O)N1CCN(c2ccc(Cl)cc2)CC1. The molecule has 0 aromatic heterocycles. The van der Waals surface area contributed by atoms with E-state index in [0.717, 1.165) is 101 Å². The Morgan fingerprint density at radius 3 is 2.50 bits per heavy atom. The summed E-state index contributed by atoms with van der Waals surface area (Å²) in [5.41, 5.74) is 1.16. The van der Waals surface area contributed by atoms with Crippen LogP contribution < -0.4 is 4.90 Å². The van der Waals surface area contributed by atoms with E-state index in [9.17, 15) is 14.7 Å². The summed E-state index contributed by atoms with van der Waals surface area (Å²) in [5, 5.41) is 10.9. The first-order valence-corrected chi connectivity index (χ1v) is 14.5. The summed E-state index contributed by atoms with van der Waals surface area (Å²) >= 11 is 5.98. The van der Waals surface area contributed by atoms with Crippen molar-refractivity contribution in [2.45, 2.75) is 90.1 Å². The maximum Gasteiger partial charge on any atom is 0.222 e. The monoisotopic (exact) mass is 516 g/mol. The van der Waals surface area contributed by atoms with E-state index in [4.69, 9.17) is 11.6 Å². The Hall–Kier alpha value is -1.85. The van der Waals surface area contributed by atoms with Gasteiger partial charge in [-0.2, -0.15) is 0 Å². The Bertz CT molecular complexity index is 833. The van der Waals surface area contributed by atoms with Crippen LogP contribution in [-0.4, -0.2) is 54.0 Å². The number of nitrogens with zero attached hydrogens (tertiary/aromatic N) is 2. The number of ketones is 1. The third-order valence-corrected chi connectivity index (χ3v) is 8.07. The molecule has 6 heteroatoms. The lowest BCUT2D eigenvalue weighted by atomic mass is 9.89. The number of amides is 1. The minimum absolute atomic E-state index is 0.114. The number of allylic oxidation sites excluding steroid dienone is 1. The highest BCUT2D eigenvalue weighted by Crippen LogP contribution is 2.34. The number of Topliss-reactive ketones (excluding diaryl/α,β-unsaturated/α-hetero) is 1. The van der Waals surface area contributed by atoms with Gasteiger partial charge in [0.1, 0.15) is 5.78 Å². The van der Waals surface area contributed by atoms with Crippen LogP contribution in [0.3, 0.4) is 0 Å². The highest BCUT2D eigenvalue weighted by atomic mass is 35.5. The lowest BCUT2D eigenvalue weighted by molar-refractivity contribution is -0.131. The molecule has 0 spiro atoms. The number of hydrogen-bond donors (Lipinski definition) is 1. The Morgan fingerprint density at radius 2 is 1.78 bits per heavy atom. The van der Waals surface area contributed by atoms with E-state index in [1.807, 2.05) is 35.2 Å². The van der Waals surface area contributed by atoms with Crippen LogP contribution in [0.5, 0.6) is 0 Å². The second-order valence-corrected chi connectivity index (χ2v) is 11.0. The van der Waals surface area contributed by atoms with Crippen molar-refractivity contribution < 1.29 is 14.7 Å². The Labute approximate surface area is 222 Å². The predicted octanol–water partition coefficient (Wildman–Crippen LogP) is 6.42. The molecule has 1 aliphatic heterocycles. The van der Waals surface area contributed by atoms with Gasteiger partial charge in [0.25, 0.3) is 0 Å². The molecule has 1 aliphatic carbocycles. The van der Waals surface area contributed by atoms with Crippen LogP contribution in [0.4, 0.5) is 5.69 Å². The van der Waals surface area contributed by atoms with Gasteiger partial charge in [-0.1, -0.05) is 69.2 Å². The fourth-order valence-corrected chi connectivity index (χ4v) is 5.65. The summed E-state index contributed by atoms with van der Waals surface area (Å²) in [5.74, 6) is 1.05. The van der Waals surface area contributed by atoms with Gasteiger partial charge in [-0.25, -0.2) is 0 Å². The molecular weight excluding hydrogens is 472 g/mol. The van der Waals surface area contributed by atoms with E-state index in [0.29, 0.717) is 18.6 Å². The minimum Gasteiger partial charge on any atom is -0.389 e. The Balaban J connectivity index is 1.28. The molecule has 1 aromatic carbocycles. The molecule has 1 heterocycles. The first kappa shape index (κ1) is 28.7. The van der Waals surface area contributed by atoms with Crippen molar-refractivity contribution in [3.05, 3.63) is 41.4 Å². The van der Waals surface area contributed by atoms with Crippen molar-refractivity contribution in [1.29, 1.82) is 0 Å². The molecule has 1 saturated heterocycles. The highest BCUT2D eigenvalue weighted by Gasteiger charge is 2.32. The van der Waals surface area contributed by atoms with Crippen LogP contribution in [0.15, 0.2) is 36.4 Å². The maximum absolute atomic E-state index is 12.6. The van der Waals surface area contributed by atoms with Crippen molar-refractivity contribution in [3.8, 4) is 0 Å². The number of rotatable bonds is 14. The van der Waals surface area contributed by atoms with Crippen molar-refractivity contribution >= 4 is 29.0 Å². The predicted molar refractivity (Wildman–Crippen MR) is 148 cm³/mol. The summed E-state index contributed by atoms with van der Waals surface area (Å²) in [4.78, 5) is 29.3. The zero-order valence-corrected chi connectivity index (χ0v) is 22.8. The average molecular weight is 517 g/mol. The van der Waals surface area contributed by atoms with Crippen molar-refractivity contribution in [1.82, 2.24) is 4.90 Å². The quantitative estimate of drug-likeness (QED) is 0.229. The number of piperazine rings is 1. The van der Waals surface area contributed by atoms with Crippen LogP contribution in [0.25, 0.3) is 0 Å². The second kappa shape index (κ2) is 15.4. The van der Waals surface area contributed by atoms with Gasteiger partial charge in [-0.15, -0.1) is 0 Å². The summed E-state index contributed by atoms with van der Waals surface area (Å²) in [7, 11) is 0. The zero-order chi connectivity index (χ0) is 25.8. The van der Waals surface area contributed by atoms with Crippen molar-refractivity contribution in [2.24, 2.45) is 11.8 Å². The van der Waals surface area contributed by atoms with Gasteiger partial charge in [0.2, 0.25) is 5.91 Å². The van der Waals surface area contributed by atoms with Crippen molar-refractivity contribution in [3.63, 3.8) is 0 Å². The molecule has 1 saturated carbocycles. The number of carbonyl (C=O) groups is 2. The van der Waals surface area contributed by atoms with Gasteiger partial charge in [0, 0.05) is 55.6 Å². The Morgan fingerprint density at radius 1 is 1.06 bits per heavy atom. The van der Waals surface area contributed by atoms with Crippen LogP contribution in [-0.2, 0) is 9.59 Å². The second-order valence-electron chi connectivity index (χ2n) is 10.5. The van der Waals surface area contributed by atoms with Crippen molar-refractivity contribution in [2.75, 3.05) is 31.1 Å². The highest BCUT2D eigenvalue weighted by molar-refractivity contribution is 6.30. The number of benzene rings is 1. The number of carbonyl (C=O) groups excluding carboxylic acids is 2. The first-order chi connectivity index (χ1) is 17.5. The van der Waals surface area contributed by atoms with Crippen LogP contribution in [0.1, 0.15) is 84.0 Å². The topological polar surface area (TPSA) is 60.9 Å². The van der Waals surface area contributed by atoms with Gasteiger partial charge in [0.15, 0.2) is 0 Å². The number of unbranched alkanes of at least 4 members (excludes halogenated alkanes) is 5. The minimum atomic E-state index is -0.383. The average Bonchev–Trinajstić information content (AvgIpc) is 3.24. The summed E-state index contributed by atoms with van der Waals surface area (Å²) in [6.07, 6.45) is 15.0. The summed E-state index contributed by atoms with van der Waals surface area (Å²) in [6.45, 7) is 5.42. The molecule has 3 atom stereocenters. The first-order valence-electron chi connectivity index (χ1n) is 14.1. The van der Waals surface area contributed by atoms with E-state index in [-0.39, 0.29) is 23.8 Å². The van der Waals surface area contributed by atoms with E-state index >= 15 is 0 Å². The molecule has 5 nitrogen and oxygen atoms in total. The van der Waals surface area contributed by atoms with Gasteiger partial charge in [0.05, 0.1) is 6.10 Å². The number of aliphatic hydroxyl groups excluding tert-OH is 1. The fraction of sp³-hybridized carbons (Fsp3) is 0.667. The molecule has 1 amide bonds. The van der Waals surface area contributed by atoms with Crippen LogP contribution >= 0.6 is 11.6 Å². The lowest BCUT2D eigenvalue weighted by Gasteiger charge is -2.36. The van der Waals surface area contributed by atoms with E-state index in [1.165, 1.54) is 0 Å². The van der Waals surface area contributed by atoms with Crippen LogP contribution in [0, 0.1) is 11.8 Å². The third kappa shape index (κ3) is 9.23. The molecule has 0 unspecified atom stereocenters. The van der Waals surface area contributed by atoms with E-state index in [1.54, 1.807) is 0 Å². The maximum atomic E-state index is 12.6. The largest absolute Gasteiger partial charge is 0.389 e. The molecule has 2 aliphatic rings. The van der Waals surface area contributed by atoms with Crippen LogP contribution in [0.2, 0.25) is 5.02 Å². The molecule has 36 heavy (non-hydrogen) atoms. The standard InChI is InChI=1S/C30H45ClN2O3/c1-2-3-6-9-27(34)18-12-24-13-19-29(35)28(24)10-7-4-5-8-11-30(36)33-22-20-32(21-23-33)26-16-14-25(31)15-17-26/h12,14-18,24,27-28,34H,2-11,13,19-23H2,1H3/t24-,27-,28-/m1/s1. The normalized spacial score (nSPS) is 21.5. The van der Waals surface area contributed by atoms with E-state index in [2.05, 4.69) is 17.9 Å². The zero-order valence-electron chi connectivity index (χ0n) is 22.0. The number of halogens is 1. The number of hydrogen-bond acceptors (Lipinski definition) is 4. The molecule has 2 fully saturated rings. The third-order valence-electron chi connectivity index (χ3n) is 7.82. The molecular formula is C30H45ClN2O3. The molecule has 1 N–H and O–H groups in total. The van der Waals surface area contributed by atoms with Gasteiger partial charge in [-0.05, 0) is 55.9 Å². The number of anilines is 1.